The van der Waals surface area contributed by atoms with Crippen molar-refractivity contribution in [1.82, 2.24) is 4.90 Å². The van der Waals surface area contributed by atoms with Crippen LogP contribution in [0.5, 0.6) is 5.75 Å². The van der Waals surface area contributed by atoms with Crippen LogP contribution < -0.4 is 4.74 Å². The van der Waals surface area contributed by atoms with Crippen LogP contribution in [0.25, 0.3) is 0 Å². The van der Waals surface area contributed by atoms with Crippen LogP contribution in [0.4, 0.5) is 0 Å². The lowest BCUT2D eigenvalue weighted by atomic mass is 9.80. The number of benzene rings is 1. The second kappa shape index (κ2) is 7.07. The van der Waals surface area contributed by atoms with Gasteiger partial charge in [-0.25, -0.2) is 0 Å². The van der Waals surface area contributed by atoms with Crippen molar-refractivity contribution in [3.63, 3.8) is 0 Å². The highest BCUT2D eigenvalue weighted by Gasteiger charge is 2.33. The lowest BCUT2D eigenvalue weighted by Gasteiger charge is -2.38. The van der Waals surface area contributed by atoms with Gasteiger partial charge in [0.2, 0.25) is 0 Å². The molecule has 0 saturated carbocycles. The maximum Gasteiger partial charge on any atom is 0.118 e. The number of nitrogens with zero attached hydrogens (tertiary/aromatic N) is 1. The van der Waals surface area contributed by atoms with Crippen LogP contribution in [0.3, 0.4) is 0 Å². The SMILES string of the molecule is COc1ccc(CN(C)CC2(CO)CCOCC2)cc1. The molecule has 4 heteroatoms. The average molecular weight is 279 g/mol. The number of aliphatic hydroxyl groups excluding tert-OH is 1. The van der Waals surface area contributed by atoms with Crippen molar-refractivity contribution in [3.05, 3.63) is 29.8 Å². The van der Waals surface area contributed by atoms with Gasteiger partial charge < -0.3 is 19.5 Å². The van der Waals surface area contributed by atoms with Crippen molar-refractivity contribution < 1.29 is 14.6 Å². The second-order valence-electron chi connectivity index (χ2n) is 5.79. The standard InChI is InChI=1S/C16H25NO3/c1-17(11-14-3-5-15(19-2)6-4-14)12-16(13-18)7-9-20-10-8-16/h3-6,18H,7-13H2,1-2H3. The van der Waals surface area contributed by atoms with E-state index in [-0.39, 0.29) is 12.0 Å². The van der Waals surface area contributed by atoms with Crippen LogP contribution in [0.15, 0.2) is 24.3 Å². The first-order valence-corrected chi connectivity index (χ1v) is 7.17. The highest BCUT2D eigenvalue weighted by atomic mass is 16.5. The first-order chi connectivity index (χ1) is 9.67. The molecule has 112 valence electrons. The molecule has 0 unspecified atom stereocenters. The van der Waals surface area contributed by atoms with Crippen molar-refractivity contribution in [1.29, 1.82) is 0 Å². The molecular weight excluding hydrogens is 254 g/mol. The number of ether oxygens (including phenoxy) is 2. The highest BCUT2D eigenvalue weighted by Crippen LogP contribution is 2.31. The van der Waals surface area contributed by atoms with E-state index in [1.165, 1.54) is 5.56 Å². The van der Waals surface area contributed by atoms with Gasteiger partial charge in [-0.05, 0) is 37.6 Å². The normalized spacial score (nSPS) is 18.2. The smallest absolute Gasteiger partial charge is 0.118 e. The Morgan fingerprint density at radius 1 is 1.25 bits per heavy atom. The third-order valence-corrected chi connectivity index (χ3v) is 4.11. The van der Waals surface area contributed by atoms with Crippen LogP contribution in [-0.4, -0.2) is 50.5 Å². The van der Waals surface area contributed by atoms with E-state index < -0.39 is 0 Å². The Morgan fingerprint density at radius 3 is 2.45 bits per heavy atom. The topological polar surface area (TPSA) is 41.9 Å². The lowest BCUT2D eigenvalue weighted by molar-refractivity contribution is -0.0318. The molecule has 1 heterocycles. The lowest BCUT2D eigenvalue weighted by Crippen LogP contribution is -2.42. The van der Waals surface area contributed by atoms with Gasteiger partial charge in [0.25, 0.3) is 0 Å². The fourth-order valence-corrected chi connectivity index (χ4v) is 2.84. The monoisotopic (exact) mass is 279 g/mol. The van der Waals surface area contributed by atoms with E-state index in [0.717, 1.165) is 44.9 Å². The van der Waals surface area contributed by atoms with Gasteiger partial charge in [-0.3, -0.25) is 0 Å². The van der Waals surface area contributed by atoms with Crippen molar-refractivity contribution in [2.24, 2.45) is 5.41 Å². The molecule has 1 aliphatic heterocycles. The largest absolute Gasteiger partial charge is 0.497 e. The Kier molecular flexibility index (Phi) is 5.40. The maximum atomic E-state index is 9.73. The number of aliphatic hydroxyl groups is 1. The average Bonchev–Trinajstić information content (AvgIpc) is 2.49. The van der Waals surface area contributed by atoms with E-state index in [0.29, 0.717) is 0 Å². The van der Waals surface area contributed by atoms with Crippen LogP contribution >= 0.6 is 0 Å². The molecule has 0 radical (unpaired) electrons. The van der Waals surface area contributed by atoms with Crippen LogP contribution in [-0.2, 0) is 11.3 Å². The molecule has 0 aliphatic carbocycles. The molecule has 1 aromatic carbocycles. The van der Waals surface area contributed by atoms with Crippen molar-refractivity contribution in [3.8, 4) is 5.75 Å². The quantitative estimate of drug-likeness (QED) is 0.864. The molecule has 1 aliphatic rings. The number of rotatable bonds is 6. The molecule has 0 aromatic heterocycles. The fraction of sp³-hybridized carbons (Fsp3) is 0.625. The van der Waals surface area contributed by atoms with Crippen LogP contribution in [0.2, 0.25) is 0 Å². The Balaban J connectivity index is 1.91. The fourth-order valence-electron chi connectivity index (χ4n) is 2.84. The van der Waals surface area contributed by atoms with Crippen molar-refractivity contribution in [2.75, 3.05) is 40.5 Å². The molecule has 2 rings (SSSR count). The van der Waals surface area contributed by atoms with Gasteiger partial charge in [0.05, 0.1) is 13.7 Å². The molecule has 4 nitrogen and oxygen atoms in total. The summed E-state index contributed by atoms with van der Waals surface area (Å²) in [7, 11) is 3.79. The summed E-state index contributed by atoms with van der Waals surface area (Å²) in [5.74, 6) is 0.882. The van der Waals surface area contributed by atoms with E-state index >= 15 is 0 Å². The molecule has 1 N–H and O–H groups in total. The summed E-state index contributed by atoms with van der Waals surface area (Å²) in [6.07, 6.45) is 1.88. The zero-order valence-electron chi connectivity index (χ0n) is 12.5. The van der Waals surface area contributed by atoms with E-state index in [1.54, 1.807) is 7.11 Å². The summed E-state index contributed by atoms with van der Waals surface area (Å²) in [6.45, 7) is 3.54. The minimum atomic E-state index is -0.000525. The zero-order valence-corrected chi connectivity index (χ0v) is 12.5. The Morgan fingerprint density at radius 2 is 1.90 bits per heavy atom. The molecular formula is C16H25NO3. The summed E-state index contributed by atoms with van der Waals surface area (Å²) < 4.78 is 10.6. The predicted octanol–water partition coefficient (Wildman–Crippen LogP) is 1.92. The number of hydrogen-bond acceptors (Lipinski definition) is 4. The third kappa shape index (κ3) is 3.95. The number of methoxy groups -OCH3 is 1. The van der Waals surface area contributed by atoms with Gasteiger partial charge in [-0.1, -0.05) is 12.1 Å². The van der Waals surface area contributed by atoms with E-state index in [9.17, 15) is 5.11 Å². The van der Waals surface area contributed by atoms with Gasteiger partial charge >= 0.3 is 0 Å². The molecule has 0 bridgehead atoms. The summed E-state index contributed by atoms with van der Waals surface area (Å²) in [5, 5.41) is 9.73. The van der Waals surface area contributed by atoms with Crippen LogP contribution in [0.1, 0.15) is 18.4 Å². The highest BCUT2D eigenvalue weighted by molar-refractivity contribution is 5.27. The zero-order chi connectivity index (χ0) is 14.4. The van der Waals surface area contributed by atoms with E-state index in [1.807, 2.05) is 12.1 Å². The molecule has 0 atom stereocenters. The van der Waals surface area contributed by atoms with Gasteiger partial charge in [-0.2, -0.15) is 0 Å². The molecule has 1 aromatic rings. The molecule has 1 saturated heterocycles. The van der Waals surface area contributed by atoms with E-state index in [4.69, 9.17) is 9.47 Å². The third-order valence-electron chi connectivity index (χ3n) is 4.11. The molecule has 1 fully saturated rings. The number of hydrogen-bond donors (Lipinski definition) is 1. The summed E-state index contributed by atoms with van der Waals surface area (Å²) in [4.78, 5) is 2.28. The Labute approximate surface area is 121 Å². The first kappa shape index (κ1) is 15.3. The predicted molar refractivity (Wildman–Crippen MR) is 78.9 cm³/mol. The Hall–Kier alpha value is -1.10. The first-order valence-electron chi connectivity index (χ1n) is 7.17. The summed E-state index contributed by atoms with van der Waals surface area (Å²) >= 11 is 0. The van der Waals surface area contributed by atoms with E-state index in [2.05, 4.69) is 24.1 Å². The van der Waals surface area contributed by atoms with Crippen LogP contribution in [0, 0.1) is 5.41 Å². The van der Waals surface area contributed by atoms with Gasteiger partial charge in [0.15, 0.2) is 0 Å². The molecule has 20 heavy (non-hydrogen) atoms. The van der Waals surface area contributed by atoms with Crippen molar-refractivity contribution >= 4 is 0 Å². The maximum absolute atomic E-state index is 9.73. The van der Waals surface area contributed by atoms with Crippen molar-refractivity contribution in [2.45, 2.75) is 19.4 Å². The molecule has 0 amide bonds. The summed E-state index contributed by atoms with van der Waals surface area (Å²) in [5.41, 5.74) is 1.26. The van der Waals surface area contributed by atoms with Gasteiger partial charge in [0.1, 0.15) is 5.75 Å². The van der Waals surface area contributed by atoms with Gasteiger partial charge in [0, 0.05) is 31.7 Å². The second-order valence-corrected chi connectivity index (χ2v) is 5.79. The minimum absolute atomic E-state index is 0.000525. The molecule has 0 spiro atoms. The van der Waals surface area contributed by atoms with Gasteiger partial charge in [-0.15, -0.1) is 0 Å². The minimum Gasteiger partial charge on any atom is -0.497 e. The summed E-state index contributed by atoms with van der Waals surface area (Å²) in [6, 6.07) is 8.15. The Bertz CT molecular complexity index is 399.